The van der Waals surface area contributed by atoms with Gasteiger partial charge in [-0.05, 0) is 73.9 Å². The zero-order chi connectivity index (χ0) is 30.5. The second-order valence-electron chi connectivity index (χ2n) is 12.2. The summed E-state index contributed by atoms with van der Waals surface area (Å²) in [6.45, 7) is 4.57. The van der Waals surface area contributed by atoms with Gasteiger partial charge in [0.1, 0.15) is 0 Å². The Morgan fingerprint density at radius 1 is 0.955 bits per heavy atom. The number of hydrogen-bond acceptors (Lipinski definition) is 7. The fourth-order valence-electron chi connectivity index (χ4n) is 6.87. The lowest BCUT2D eigenvalue weighted by atomic mass is 9.77. The molecule has 6 rings (SSSR count). The molecule has 1 atom stereocenters. The van der Waals surface area contributed by atoms with Crippen molar-refractivity contribution in [3.8, 4) is 17.2 Å². The molecule has 0 bridgehead atoms. The highest BCUT2D eigenvalue weighted by atomic mass is 16.5. The zero-order valence-corrected chi connectivity index (χ0v) is 26.0. The summed E-state index contributed by atoms with van der Waals surface area (Å²) in [4.78, 5) is 26.5. The smallest absolute Gasteiger partial charge is 0.254 e. The number of rotatable bonds is 11. The van der Waals surface area contributed by atoms with Crippen molar-refractivity contribution in [2.45, 2.75) is 38.1 Å². The summed E-state index contributed by atoms with van der Waals surface area (Å²) in [6.07, 6.45) is 5.13. The molecule has 0 saturated carbocycles. The molecule has 232 valence electrons. The van der Waals surface area contributed by atoms with Crippen LogP contribution in [0, 0.1) is 5.41 Å². The Hall–Kier alpha value is -4.24. The monoisotopic (exact) mass is 597 g/mol. The Bertz CT molecular complexity index is 1510. The van der Waals surface area contributed by atoms with Gasteiger partial charge in [0.2, 0.25) is 11.7 Å². The molecule has 2 N–H and O–H groups in total. The van der Waals surface area contributed by atoms with Crippen molar-refractivity contribution in [2.24, 2.45) is 5.41 Å². The number of nitrogens with one attached hydrogen (secondary N) is 2. The number of benzene rings is 3. The number of ether oxygens (including phenoxy) is 3. The average molecular weight is 598 g/mol. The molecule has 3 aromatic carbocycles. The molecule has 0 radical (unpaired) electrons. The molecule has 0 aliphatic carbocycles. The van der Waals surface area contributed by atoms with E-state index in [0.29, 0.717) is 28.9 Å². The lowest BCUT2D eigenvalue weighted by molar-refractivity contribution is 0.0762. The minimum absolute atomic E-state index is 0.00309. The number of nitrogens with zero attached hydrogens (tertiary/aromatic N) is 3. The van der Waals surface area contributed by atoms with Gasteiger partial charge in [0.25, 0.3) is 5.91 Å². The van der Waals surface area contributed by atoms with Crippen LogP contribution < -0.4 is 19.5 Å². The van der Waals surface area contributed by atoms with Gasteiger partial charge in [-0.3, -0.25) is 4.79 Å². The van der Waals surface area contributed by atoms with Crippen molar-refractivity contribution < 1.29 is 19.0 Å². The van der Waals surface area contributed by atoms with Crippen LogP contribution in [0.5, 0.6) is 17.2 Å². The normalized spacial score (nSPS) is 19.3. The Balaban J connectivity index is 1.11. The van der Waals surface area contributed by atoms with Crippen LogP contribution in [0.15, 0.2) is 66.7 Å². The Morgan fingerprint density at radius 3 is 2.34 bits per heavy atom. The van der Waals surface area contributed by atoms with Crippen molar-refractivity contribution in [1.29, 1.82) is 0 Å². The van der Waals surface area contributed by atoms with E-state index in [1.54, 1.807) is 33.5 Å². The highest BCUT2D eigenvalue weighted by Gasteiger charge is 2.40. The first-order valence-electron chi connectivity index (χ1n) is 15.6. The van der Waals surface area contributed by atoms with E-state index in [2.05, 4.69) is 51.6 Å². The second-order valence-corrected chi connectivity index (χ2v) is 12.2. The summed E-state index contributed by atoms with van der Waals surface area (Å²) in [5.74, 6) is 2.32. The fourth-order valence-corrected chi connectivity index (χ4v) is 6.87. The van der Waals surface area contributed by atoms with Crippen LogP contribution in [0.1, 0.15) is 41.6 Å². The number of piperidine rings is 1. The van der Waals surface area contributed by atoms with E-state index < -0.39 is 0 Å². The van der Waals surface area contributed by atoms with Crippen LogP contribution in [0.4, 0.5) is 5.95 Å². The van der Waals surface area contributed by atoms with Gasteiger partial charge in [0.05, 0.1) is 32.4 Å². The summed E-state index contributed by atoms with van der Waals surface area (Å²) >= 11 is 0. The first-order chi connectivity index (χ1) is 21.5. The number of aromatic amines is 1. The van der Waals surface area contributed by atoms with Gasteiger partial charge < -0.3 is 34.3 Å². The molecule has 9 nitrogen and oxygen atoms in total. The summed E-state index contributed by atoms with van der Waals surface area (Å²) in [7, 11) is 4.72. The first kappa shape index (κ1) is 29.8. The van der Waals surface area contributed by atoms with E-state index in [1.165, 1.54) is 5.56 Å². The minimum Gasteiger partial charge on any atom is -0.493 e. The average Bonchev–Trinajstić information content (AvgIpc) is 3.68. The molecular formula is C35H43N5O4. The molecule has 2 aliphatic heterocycles. The Morgan fingerprint density at radius 2 is 1.66 bits per heavy atom. The highest BCUT2D eigenvalue weighted by Crippen LogP contribution is 2.41. The van der Waals surface area contributed by atoms with E-state index in [9.17, 15) is 4.79 Å². The van der Waals surface area contributed by atoms with Gasteiger partial charge in [-0.15, -0.1) is 0 Å². The maximum absolute atomic E-state index is 13.8. The highest BCUT2D eigenvalue weighted by molar-refractivity contribution is 5.96. The topological polar surface area (TPSA) is 92.0 Å². The number of carbonyl (C=O) groups excluding carboxylic acids is 1. The number of anilines is 1. The fraction of sp³-hybridized carbons (Fsp3) is 0.429. The van der Waals surface area contributed by atoms with Crippen LogP contribution in [-0.2, 0) is 6.42 Å². The van der Waals surface area contributed by atoms with Crippen LogP contribution in [0.25, 0.3) is 11.0 Å². The van der Waals surface area contributed by atoms with E-state index in [1.807, 2.05) is 23.1 Å². The first-order valence-corrected chi connectivity index (χ1v) is 15.6. The summed E-state index contributed by atoms with van der Waals surface area (Å²) in [6, 6.07) is 22.8. The number of likely N-dealkylation sites (tertiary alicyclic amines) is 2. The minimum atomic E-state index is -0.00309. The number of aromatic nitrogens is 2. The largest absolute Gasteiger partial charge is 0.493 e. The molecule has 2 fully saturated rings. The van der Waals surface area contributed by atoms with Crippen molar-refractivity contribution in [2.75, 3.05) is 59.4 Å². The van der Waals surface area contributed by atoms with E-state index in [4.69, 9.17) is 19.2 Å². The van der Waals surface area contributed by atoms with E-state index in [0.717, 1.165) is 81.8 Å². The van der Waals surface area contributed by atoms with Gasteiger partial charge in [-0.2, -0.15) is 0 Å². The third-order valence-corrected chi connectivity index (χ3v) is 9.34. The molecule has 3 heterocycles. The van der Waals surface area contributed by atoms with E-state index >= 15 is 0 Å². The number of H-pyrrole nitrogens is 1. The van der Waals surface area contributed by atoms with Crippen LogP contribution in [0.3, 0.4) is 0 Å². The number of amides is 1. The van der Waals surface area contributed by atoms with Gasteiger partial charge in [-0.25, -0.2) is 4.98 Å². The van der Waals surface area contributed by atoms with Gasteiger partial charge >= 0.3 is 0 Å². The molecule has 1 unspecified atom stereocenters. The third-order valence-electron chi connectivity index (χ3n) is 9.34. The molecule has 1 amide bonds. The third kappa shape index (κ3) is 6.48. The molecule has 9 heteroatoms. The quantitative estimate of drug-likeness (QED) is 0.232. The summed E-state index contributed by atoms with van der Waals surface area (Å²) in [5.41, 5.74) is 3.94. The zero-order valence-electron chi connectivity index (χ0n) is 26.0. The maximum atomic E-state index is 13.8. The van der Waals surface area contributed by atoms with E-state index in [-0.39, 0.29) is 11.3 Å². The number of methoxy groups -OCH3 is 3. The number of imidazole rings is 1. The van der Waals surface area contributed by atoms with Crippen molar-refractivity contribution in [3.63, 3.8) is 0 Å². The van der Waals surface area contributed by atoms with Crippen molar-refractivity contribution >= 4 is 22.9 Å². The van der Waals surface area contributed by atoms with Gasteiger partial charge in [-0.1, -0.05) is 42.5 Å². The number of para-hydroxylation sites is 2. The molecule has 2 saturated heterocycles. The summed E-state index contributed by atoms with van der Waals surface area (Å²) in [5, 5.41) is 3.62. The van der Waals surface area contributed by atoms with Gasteiger partial charge in [0, 0.05) is 37.8 Å². The number of fused-ring (bicyclic) bond motifs is 1. The lowest BCUT2D eigenvalue weighted by Crippen LogP contribution is -2.42. The molecular weight excluding hydrogens is 554 g/mol. The predicted molar refractivity (Wildman–Crippen MR) is 173 cm³/mol. The number of carbonyl (C=O) groups is 1. The summed E-state index contributed by atoms with van der Waals surface area (Å²) < 4.78 is 16.5. The van der Waals surface area contributed by atoms with Crippen molar-refractivity contribution in [3.05, 3.63) is 77.9 Å². The Kier molecular flexibility index (Phi) is 8.93. The van der Waals surface area contributed by atoms with Gasteiger partial charge in [0.15, 0.2) is 11.5 Å². The standard InChI is InChI=1S/C35H43N5O4/c1-42-30-21-26(22-31(43-2)32(30)44-3)33(41)40-20-16-35(24-40,23-25-9-5-4-6-10-25)15-19-39-17-13-27(14-18-39)36-34-37-28-11-7-8-12-29(28)38-34/h4-12,21-22,27H,13-20,23-24H2,1-3H3,(H2,36,37,38). The van der Waals surface area contributed by atoms with Crippen LogP contribution in [0.2, 0.25) is 0 Å². The second kappa shape index (κ2) is 13.2. The molecule has 2 aliphatic rings. The predicted octanol–water partition coefficient (Wildman–Crippen LogP) is 5.63. The molecule has 44 heavy (non-hydrogen) atoms. The Labute approximate surface area is 259 Å². The SMILES string of the molecule is COc1cc(C(=O)N2CCC(CCN3CCC(Nc4nc5ccccc5[nH]4)CC3)(Cc3ccccc3)C2)cc(OC)c1OC. The molecule has 4 aromatic rings. The lowest BCUT2D eigenvalue weighted by Gasteiger charge is -2.36. The van der Waals surface area contributed by atoms with Crippen LogP contribution >= 0.6 is 0 Å². The van der Waals surface area contributed by atoms with Crippen LogP contribution in [-0.4, -0.2) is 85.8 Å². The maximum Gasteiger partial charge on any atom is 0.254 e. The molecule has 0 spiro atoms. The number of hydrogen-bond donors (Lipinski definition) is 2. The van der Waals surface area contributed by atoms with Crippen molar-refractivity contribution in [1.82, 2.24) is 19.8 Å². The molecule has 1 aromatic heterocycles.